The monoisotopic (exact) mass is 1260 g/mol. The van der Waals surface area contributed by atoms with Crippen LogP contribution in [0, 0.1) is 17.8 Å². The number of hydrogen-bond donors (Lipinski definition) is 5. The number of hydrogen-bond acceptors (Lipinski definition) is 16. The molecule has 3 atom stereocenters. The Morgan fingerprint density at radius 1 is 0.787 bits per heavy atom. The first-order valence-electron chi connectivity index (χ1n) is 30.7. The minimum atomic E-state index is -4.17. The number of anilines is 2. The number of pyridine rings is 1. The van der Waals surface area contributed by atoms with Gasteiger partial charge in [0.05, 0.1) is 91.1 Å². The first-order chi connectivity index (χ1) is 43.0. The highest BCUT2D eigenvalue weighted by atomic mass is 32.1. The summed E-state index contributed by atoms with van der Waals surface area (Å²) in [6.45, 7) is 5.17. The lowest BCUT2D eigenvalue weighted by Crippen LogP contribution is -2.57. The molecule has 2 saturated carbocycles. The molecular formula is C64H86F3N9O12S. The molecule has 2 aromatic carbocycles. The van der Waals surface area contributed by atoms with E-state index in [0.717, 1.165) is 60.1 Å². The van der Waals surface area contributed by atoms with Gasteiger partial charge in [0.1, 0.15) is 40.8 Å². The van der Waals surface area contributed by atoms with Crippen LogP contribution in [-0.4, -0.2) is 180 Å². The number of carbonyl (C=O) groups excluding carboxylic acids is 6. The standard InChI is InChI=1S/C64H86F3N9O12S/c1-43(68-2)58(79)72-57(48-17-9-6-10-18-48)62(82)76-26-12-19-52(76)60(81)74-61-56(47-15-7-5-8-16-47)73-63(89-61)71-54(77)42-88-36-35-87-34-33-86-32-31-85-30-29-84-28-27-75(3)55(78)38-45-13-11-14-46(37-45)40-70-59(80)51-39-49(53(83-4)41-69-51)23-20-44-21-24-50(25-22-44)64(65,66)67/h5,7-8,11,13-16,20,23,37,39,41,43-44,48,50,52,57,68H,6,9-10,12,17-19,21-22,24-36,38,40,42H2,1-4H3,(H,70,80)(H,72,79)(H,74,81)(H,71,73,77). The number of ether oxygens (including phenoxy) is 6. The van der Waals surface area contributed by atoms with Gasteiger partial charge in [-0.05, 0) is 94.4 Å². The first-order valence-corrected chi connectivity index (χ1v) is 31.6. The topological polar surface area (TPSA) is 250 Å². The third kappa shape index (κ3) is 22.2. The van der Waals surface area contributed by atoms with Gasteiger partial charge in [-0.25, -0.2) is 9.97 Å². The number of benzene rings is 2. The van der Waals surface area contributed by atoms with Gasteiger partial charge in [-0.15, -0.1) is 0 Å². The Morgan fingerprint density at radius 3 is 2.11 bits per heavy atom. The van der Waals surface area contributed by atoms with Crippen molar-refractivity contribution in [3.8, 4) is 17.0 Å². The molecule has 1 saturated heterocycles. The Hall–Kier alpha value is -6.87. The molecule has 21 nitrogen and oxygen atoms in total. The summed E-state index contributed by atoms with van der Waals surface area (Å²) in [7, 11) is 4.89. The number of likely N-dealkylation sites (N-methyl/N-ethyl adjacent to an activating group) is 2. The second kappa shape index (κ2) is 36.1. The number of halogens is 3. The molecule has 3 unspecified atom stereocenters. The summed E-state index contributed by atoms with van der Waals surface area (Å²) in [5.41, 5.74) is 3.54. The molecule has 3 fully saturated rings. The number of nitrogens with one attached hydrogen (secondary N) is 5. The molecule has 486 valence electrons. The first kappa shape index (κ1) is 69.6. The van der Waals surface area contributed by atoms with E-state index in [1.807, 2.05) is 60.7 Å². The van der Waals surface area contributed by atoms with Crippen LogP contribution < -0.4 is 31.3 Å². The van der Waals surface area contributed by atoms with E-state index in [1.165, 1.54) is 13.3 Å². The number of carbonyl (C=O) groups is 6. The van der Waals surface area contributed by atoms with E-state index >= 15 is 0 Å². The number of aromatic nitrogens is 2. The zero-order valence-corrected chi connectivity index (χ0v) is 52.2. The van der Waals surface area contributed by atoms with Crippen molar-refractivity contribution in [2.75, 3.05) is 111 Å². The zero-order valence-electron chi connectivity index (χ0n) is 51.4. The molecule has 4 aromatic rings. The lowest BCUT2D eigenvalue weighted by molar-refractivity contribution is -0.183. The highest BCUT2D eigenvalue weighted by Gasteiger charge is 2.42. The third-order valence-electron chi connectivity index (χ3n) is 16.2. The predicted molar refractivity (Wildman–Crippen MR) is 331 cm³/mol. The van der Waals surface area contributed by atoms with E-state index in [4.69, 9.17) is 28.4 Å². The molecule has 0 radical (unpaired) electrons. The van der Waals surface area contributed by atoms with Crippen LogP contribution in [-0.2, 0) is 60.6 Å². The summed E-state index contributed by atoms with van der Waals surface area (Å²) in [5, 5.41) is 15.3. The summed E-state index contributed by atoms with van der Waals surface area (Å²) >= 11 is 1.11. The molecule has 1 aliphatic heterocycles. The van der Waals surface area contributed by atoms with Gasteiger partial charge in [-0.2, -0.15) is 13.2 Å². The maximum atomic E-state index is 14.3. The van der Waals surface area contributed by atoms with E-state index in [0.29, 0.717) is 107 Å². The van der Waals surface area contributed by atoms with Crippen LogP contribution in [0.4, 0.5) is 23.3 Å². The van der Waals surface area contributed by atoms with Crippen LogP contribution in [0.15, 0.2) is 72.9 Å². The van der Waals surface area contributed by atoms with E-state index < -0.39 is 42.0 Å². The minimum absolute atomic E-state index is 0.00109. The van der Waals surface area contributed by atoms with Crippen molar-refractivity contribution in [3.05, 3.63) is 95.3 Å². The zero-order chi connectivity index (χ0) is 63.5. The van der Waals surface area contributed by atoms with Crippen molar-refractivity contribution in [1.29, 1.82) is 0 Å². The number of alkyl halides is 3. The van der Waals surface area contributed by atoms with Gasteiger partial charge in [-0.3, -0.25) is 34.1 Å². The highest BCUT2D eigenvalue weighted by Crippen LogP contribution is 2.41. The molecule has 0 bridgehead atoms. The Kier molecular flexibility index (Phi) is 28.2. The molecule has 5 N–H and O–H groups in total. The average molecular weight is 1260 g/mol. The summed E-state index contributed by atoms with van der Waals surface area (Å²) in [6, 6.07) is 16.3. The van der Waals surface area contributed by atoms with Gasteiger partial charge in [0.25, 0.3) is 11.8 Å². The van der Waals surface area contributed by atoms with Crippen molar-refractivity contribution in [2.24, 2.45) is 17.8 Å². The number of nitrogens with zero attached hydrogens (tertiary/aromatic N) is 4. The molecule has 2 aliphatic carbocycles. The molecular weight excluding hydrogens is 1180 g/mol. The Morgan fingerprint density at radius 2 is 1.45 bits per heavy atom. The number of thiazole rings is 1. The Labute approximate surface area is 522 Å². The maximum absolute atomic E-state index is 14.3. The van der Waals surface area contributed by atoms with Gasteiger partial charge < -0.3 is 59.5 Å². The largest absolute Gasteiger partial charge is 0.495 e. The fourth-order valence-electron chi connectivity index (χ4n) is 10.9. The van der Waals surface area contributed by atoms with Crippen LogP contribution in [0.3, 0.4) is 0 Å². The number of likely N-dealkylation sites (tertiary alicyclic amines) is 1. The van der Waals surface area contributed by atoms with Gasteiger partial charge in [0.15, 0.2) is 5.13 Å². The number of allylic oxidation sites excluding steroid dienone is 1. The molecule has 3 heterocycles. The van der Waals surface area contributed by atoms with Gasteiger partial charge in [-0.1, -0.05) is 97.3 Å². The quantitative estimate of drug-likeness (QED) is 0.0279. The van der Waals surface area contributed by atoms with Crippen molar-refractivity contribution in [3.63, 3.8) is 0 Å². The Balaban J connectivity index is 0.713. The normalized spacial score (nSPS) is 17.9. The number of amides is 6. The van der Waals surface area contributed by atoms with Gasteiger partial charge in [0, 0.05) is 37.8 Å². The fraction of sp³-hybridized carbons (Fsp3) is 0.562. The third-order valence-corrected chi connectivity index (χ3v) is 17.0. The second-order valence-corrected chi connectivity index (χ2v) is 23.5. The van der Waals surface area contributed by atoms with E-state index in [2.05, 4.69) is 36.6 Å². The average Bonchev–Trinajstić information content (AvgIpc) is 2.83. The molecule has 2 aromatic heterocycles. The summed E-state index contributed by atoms with van der Waals surface area (Å²) in [4.78, 5) is 92.6. The van der Waals surface area contributed by atoms with Crippen molar-refractivity contribution in [1.82, 2.24) is 35.7 Å². The summed E-state index contributed by atoms with van der Waals surface area (Å²) in [5.74, 6) is -2.65. The van der Waals surface area contributed by atoms with Crippen LogP contribution in [0.2, 0.25) is 0 Å². The highest BCUT2D eigenvalue weighted by molar-refractivity contribution is 7.20. The Bertz CT molecular complexity index is 2940. The van der Waals surface area contributed by atoms with Crippen molar-refractivity contribution >= 4 is 63.0 Å². The fourth-order valence-corrected chi connectivity index (χ4v) is 11.8. The van der Waals surface area contributed by atoms with Crippen LogP contribution in [0.1, 0.15) is 105 Å². The summed E-state index contributed by atoms with van der Waals surface area (Å²) < 4.78 is 72.8. The van der Waals surface area contributed by atoms with Crippen LogP contribution >= 0.6 is 11.3 Å². The number of rotatable bonds is 34. The molecule has 3 aliphatic rings. The maximum Gasteiger partial charge on any atom is 0.391 e. The molecule has 25 heteroatoms. The lowest BCUT2D eigenvalue weighted by Gasteiger charge is -2.35. The van der Waals surface area contributed by atoms with Crippen molar-refractivity contribution in [2.45, 2.75) is 115 Å². The predicted octanol–water partition coefficient (Wildman–Crippen LogP) is 7.85. The van der Waals surface area contributed by atoms with Crippen LogP contribution in [0.5, 0.6) is 5.75 Å². The van der Waals surface area contributed by atoms with E-state index in [-0.39, 0.29) is 91.9 Å². The minimum Gasteiger partial charge on any atom is -0.495 e. The van der Waals surface area contributed by atoms with Gasteiger partial charge in [0.2, 0.25) is 23.6 Å². The molecule has 0 spiro atoms. The van der Waals surface area contributed by atoms with E-state index in [1.54, 1.807) is 43.0 Å². The van der Waals surface area contributed by atoms with Crippen molar-refractivity contribution < 1.29 is 70.4 Å². The van der Waals surface area contributed by atoms with Gasteiger partial charge >= 0.3 is 6.18 Å². The number of methoxy groups -OCH3 is 1. The van der Waals surface area contributed by atoms with Crippen LogP contribution in [0.25, 0.3) is 17.3 Å². The SMILES string of the molecule is CNC(C)C(=O)NC(C(=O)N1CCCC1C(=O)Nc1sc(NC(=O)COCCOCCOCCOCCOCCN(C)C(=O)Cc2cccc(CNC(=O)c3cc(C=CC4CCC(C(F)(F)F)CC4)c(OC)cn3)c2)nc1-c1ccccc1)C1CCCCC1. The summed E-state index contributed by atoms with van der Waals surface area (Å²) in [6.07, 6.45) is 7.98. The smallest absolute Gasteiger partial charge is 0.391 e. The lowest BCUT2D eigenvalue weighted by atomic mass is 9.81. The van der Waals surface area contributed by atoms with E-state index in [9.17, 15) is 41.9 Å². The molecule has 6 amide bonds. The molecule has 89 heavy (non-hydrogen) atoms. The second-order valence-electron chi connectivity index (χ2n) is 22.5. The molecule has 7 rings (SSSR count).